The van der Waals surface area contributed by atoms with E-state index < -0.39 is 33.9 Å². The number of ether oxygens (including phenoxy) is 2. The molecule has 0 radical (unpaired) electrons. The number of carbonyl (C=O) groups is 2. The van der Waals surface area contributed by atoms with Gasteiger partial charge in [-0.05, 0) is 25.0 Å². The van der Waals surface area contributed by atoms with Crippen molar-refractivity contribution in [1.29, 1.82) is 0 Å². The van der Waals surface area contributed by atoms with Gasteiger partial charge in [0.25, 0.3) is 0 Å². The molecular weight excluding hydrogens is 531 g/mol. The van der Waals surface area contributed by atoms with Crippen LogP contribution in [0.15, 0.2) is 24.3 Å². The van der Waals surface area contributed by atoms with Crippen molar-refractivity contribution < 1.29 is 83.4 Å². The van der Waals surface area contributed by atoms with Crippen LogP contribution in [0.5, 0.6) is 0 Å². The zero-order valence-electron chi connectivity index (χ0n) is 23.9. The Morgan fingerprint density at radius 1 is 0.711 bits per heavy atom. The van der Waals surface area contributed by atoms with Crippen molar-refractivity contribution in [1.82, 2.24) is 0 Å². The van der Waals surface area contributed by atoms with Crippen molar-refractivity contribution in [3.8, 4) is 0 Å². The summed E-state index contributed by atoms with van der Waals surface area (Å²) in [4.78, 5) is 24.9. The summed E-state index contributed by atoms with van der Waals surface area (Å²) < 4.78 is 43.9. The first kappa shape index (κ1) is 37.7. The van der Waals surface area contributed by atoms with E-state index in [2.05, 4.69) is 6.92 Å². The molecule has 0 saturated carbocycles. The largest absolute Gasteiger partial charge is 1.00 e. The van der Waals surface area contributed by atoms with Crippen molar-refractivity contribution in [2.45, 2.75) is 122 Å². The van der Waals surface area contributed by atoms with Gasteiger partial charge >= 0.3 is 63.3 Å². The van der Waals surface area contributed by atoms with Crippen molar-refractivity contribution >= 4 is 22.1 Å². The Morgan fingerprint density at radius 2 is 1.11 bits per heavy atom. The first-order chi connectivity index (χ1) is 17.8. The number of benzene rings is 1. The molecule has 0 aliphatic rings. The van der Waals surface area contributed by atoms with Gasteiger partial charge in [-0.1, -0.05) is 116 Å². The Hall–Kier alpha value is -0.294. The fourth-order valence-corrected chi connectivity index (χ4v) is 4.85. The maximum absolute atomic E-state index is 12.5. The van der Waals surface area contributed by atoms with E-state index in [4.69, 9.17) is 9.47 Å². The van der Waals surface area contributed by atoms with E-state index in [1.165, 1.54) is 96.1 Å². The number of unbranched alkanes of at least 4 members (excludes halogenated alkanes) is 14. The number of esters is 2. The fourth-order valence-electron chi connectivity index (χ4n) is 4.21. The predicted octanol–water partition coefficient (Wildman–Crippen LogP) is 4.20. The molecule has 1 aromatic carbocycles. The predicted molar refractivity (Wildman–Crippen MR) is 146 cm³/mol. The van der Waals surface area contributed by atoms with Crippen molar-refractivity contribution in [2.24, 2.45) is 0 Å². The zero-order valence-corrected chi connectivity index (χ0v) is 27.8. The second kappa shape index (κ2) is 23.4. The average Bonchev–Trinajstić information content (AvgIpc) is 2.87. The molecule has 7 nitrogen and oxygen atoms in total. The molecule has 0 amide bonds. The summed E-state index contributed by atoms with van der Waals surface area (Å²) in [6.07, 6.45) is 18.8. The molecule has 1 rings (SSSR count). The van der Waals surface area contributed by atoms with Gasteiger partial charge in [-0.15, -0.1) is 0 Å². The molecule has 38 heavy (non-hydrogen) atoms. The van der Waals surface area contributed by atoms with Gasteiger partial charge < -0.3 is 14.0 Å². The van der Waals surface area contributed by atoms with Crippen LogP contribution in [0.1, 0.15) is 137 Å². The van der Waals surface area contributed by atoms with E-state index in [0.717, 1.165) is 19.3 Å². The second-order valence-electron chi connectivity index (χ2n) is 9.75. The minimum Gasteiger partial charge on any atom is -0.748 e. The maximum atomic E-state index is 12.5. The first-order valence-electron chi connectivity index (χ1n) is 14.2. The van der Waals surface area contributed by atoms with Gasteiger partial charge in [-0.2, -0.15) is 0 Å². The van der Waals surface area contributed by atoms with Crippen LogP contribution in [0.25, 0.3) is 0 Å². The third-order valence-corrected chi connectivity index (χ3v) is 7.90. The van der Waals surface area contributed by atoms with Crippen LogP contribution in [-0.2, 0) is 19.6 Å². The topological polar surface area (TPSA) is 110 Å². The Balaban J connectivity index is 0.0000137. The molecule has 9 heteroatoms. The number of hydrogen-bond acceptors (Lipinski definition) is 7. The van der Waals surface area contributed by atoms with E-state index in [-0.39, 0.29) is 75.5 Å². The Morgan fingerprint density at radius 3 is 1.50 bits per heavy atom. The van der Waals surface area contributed by atoms with Crippen LogP contribution in [-0.4, -0.2) is 43.4 Å². The van der Waals surface area contributed by atoms with Gasteiger partial charge in [-0.25, -0.2) is 18.0 Å². The average molecular weight is 579 g/mol. The Bertz CT molecular complexity index is 873. The van der Waals surface area contributed by atoms with Gasteiger partial charge in [-0.3, -0.25) is 0 Å². The molecule has 0 heterocycles. The monoisotopic (exact) mass is 578 g/mol. The molecular formula is C29H47KO7S. The normalized spacial score (nSPS) is 12.0. The van der Waals surface area contributed by atoms with Crippen LogP contribution < -0.4 is 51.4 Å². The number of rotatable bonds is 22. The summed E-state index contributed by atoms with van der Waals surface area (Å²) in [5.41, 5.74) is 0.0497. The summed E-state index contributed by atoms with van der Waals surface area (Å²) in [5.74, 6) is -1.48. The van der Waals surface area contributed by atoms with Crippen LogP contribution in [0.3, 0.4) is 0 Å². The smallest absolute Gasteiger partial charge is 0.748 e. The fraction of sp³-hybridized carbons (Fsp3) is 0.724. The molecule has 0 bridgehead atoms. The van der Waals surface area contributed by atoms with Crippen LogP contribution >= 0.6 is 0 Å². The Kier molecular flexibility index (Phi) is 23.2. The minimum absolute atomic E-state index is 0. The molecule has 212 valence electrons. The van der Waals surface area contributed by atoms with Gasteiger partial charge in [0.15, 0.2) is 0 Å². The van der Waals surface area contributed by atoms with Crippen LogP contribution in [0.2, 0.25) is 0 Å². The molecule has 1 unspecified atom stereocenters. The first-order valence-corrected chi connectivity index (χ1v) is 15.7. The van der Waals surface area contributed by atoms with Gasteiger partial charge in [0.1, 0.15) is 16.7 Å². The summed E-state index contributed by atoms with van der Waals surface area (Å²) in [7, 11) is -4.57. The summed E-state index contributed by atoms with van der Waals surface area (Å²) in [5, 5.41) is -1.32. The van der Waals surface area contributed by atoms with Crippen molar-refractivity contribution in [2.75, 3.05) is 13.2 Å². The maximum Gasteiger partial charge on any atom is 1.00 e. The molecule has 0 N–H and O–H groups in total. The third kappa shape index (κ3) is 17.4. The van der Waals surface area contributed by atoms with Gasteiger partial charge in [0.05, 0.1) is 23.0 Å². The standard InChI is InChI=1S/C29H48O7S.K/c1-3-5-6-7-8-9-10-11-12-13-14-15-16-17-20-23-35-28(30)26-21-18-19-22-27(26)29(31)36-24-25(4-2)37(32,33)34;/h18-19,21-22,25H,3-17,20,23-24H2,1-2H3,(H,32,33,34);/q;+1/p-1. The number of carbonyl (C=O) groups excluding carboxylic acids is 2. The molecule has 1 atom stereocenters. The van der Waals surface area contributed by atoms with Crippen LogP contribution in [0, 0.1) is 0 Å². The third-order valence-electron chi connectivity index (χ3n) is 6.61. The van der Waals surface area contributed by atoms with Crippen LogP contribution in [0.4, 0.5) is 0 Å². The van der Waals surface area contributed by atoms with E-state index >= 15 is 0 Å². The molecule has 0 spiro atoms. The van der Waals surface area contributed by atoms with E-state index in [1.54, 1.807) is 12.1 Å². The number of hydrogen-bond donors (Lipinski definition) is 0. The summed E-state index contributed by atoms with van der Waals surface area (Å²) >= 11 is 0. The van der Waals surface area contributed by atoms with Crippen molar-refractivity contribution in [3.63, 3.8) is 0 Å². The molecule has 0 fully saturated rings. The molecule has 1 aromatic rings. The van der Waals surface area contributed by atoms with Gasteiger partial charge in [0.2, 0.25) is 0 Å². The second-order valence-corrected chi connectivity index (χ2v) is 11.4. The van der Waals surface area contributed by atoms with Crippen molar-refractivity contribution in [3.05, 3.63) is 35.4 Å². The van der Waals surface area contributed by atoms with E-state index in [1.807, 2.05) is 0 Å². The molecule has 0 aromatic heterocycles. The molecule has 0 saturated heterocycles. The SMILES string of the molecule is CCCCCCCCCCCCCCCCCOC(=O)c1ccccc1C(=O)OCC(CC)S(=O)(=O)[O-].[K+]. The molecule has 0 aliphatic heterocycles. The summed E-state index contributed by atoms with van der Waals surface area (Å²) in [6.45, 7) is 3.50. The van der Waals surface area contributed by atoms with E-state index in [9.17, 15) is 22.6 Å². The zero-order chi connectivity index (χ0) is 27.4. The Labute approximate surface area is 273 Å². The molecule has 0 aliphatic carbocycles. The van der Waals surface area contributed by atoms with E-state index in [0.29, 0.717) is 0 Å². The minimum atomic E-state index is -4.57. The van der Waals surface area contributed by atoms with Gasteiger partial charge in [0, 0.05) is 0 Å². The summed E-state index contributed by atoms with van der Waals surface area (Å²) in [6, 6.07) is 6.06. The quantitative estimate of drug-likeness (QED) is 0.0878.